The van der Waals surface area contributed by atoms with Gasteiger partial charge in [0.15, 0.2) is 0 Å². The highest BCUT2D eigenvalue weighted by Crippen LogP contribution is 2.15. The van der Waals surface area contributed by atoms with Crippen molar-refractivity contribution in [2.75, 3.05) is 6.54 Å². The molecule has 1 rings (SSSR count). The molecule has 0 spiro atoms. The minimum atomic E-state index is -0.495. The number of unbranched alkanes of at least 4 members (excludes halogenated alkanes) is 4. The summed E-state index contributed by atoms with van der Waals surface area (Å²) in [6.45, 7) is 0.557. The van der Waals surface area contributed by atoms with Gasteiger partial charge < -0.3 is 10.4 Å². The highest BCUT2D eigenvalue weighted by molar-refractivity contribution is 5.96. The minimum Gasteiger partial charge on any atom is -0.507 e. The third-order valence-corrected chi connectivity index (χ3v) is 3.11. The van der Waals surface area contributed by atoms with E-state index < -0.39 is 5.97 Å². The van der Waals surface area contributed by atoms with Crippen molar-refractivity contribution in [2.24, 2.45) is 0 Å². The van der Waals surface area contributed by atoms with Gasteiger partial charge in [-0.05, 0) is 25.0 Å². The van der Waals surface area contributed by atoms with Crippen LogP contribution >= 0.6 is 0 Å². The first-order valence-electron chi connectivity index (χ1n) is 7.07. The summed E-state index contributed by atoms with van der Waals surface area (Å²) in [5.74, 6) is -0.785. The molecule has 0 radical (unpaired) electrons. The van der Waals surface area contributed by atoms with E-state index in [4.69, 9.17) is 5.26 Å². The Morgan fingerprint density at radius 3 is 2.48 bits per heavy atom. The number of hydrogen-bond donors (Lipinski definition) is 2. The van der Waals surface area contributed by atoms with Crippen LogP contribution in [0.3, 0.4) is 0 Å². The van der Waals surface area contributed by atoms with Crippen molar-refractivity contribution in [3.63, 3.8) is 0 Å². The van der Waals surface area contributed by atoms with E-state index in [1.54, 1.807) is 18.2 Å². The molecule has 0 atom stereocenters. The largest absolute Gasteiger partial charge is 0.507 e. The van der Waals surface area contributed by atoms with Crippen molar-refractivity contribution < 1.29 is 24.8 Å². The Kier molecular flexibility index (Phi) is 7.89. The van der Waals surface area contributed by atoms with Gasteiger partial charge in [-0.25, -0.2) is 10.1 Å². The number of phenols is 1. The van der Waals surface area contributed by atoms with Gasteiger partial charge in [-0.1, -0.05) is 31.4 Å². The van der Waals surface area contributed by atoms with Crippen LogP contribution in [0.15, 0.2) is 24.3 Å². The molecule has 0 saturated carbocycles. The second kappa shape index (κ2) is 9.77. The maximum absolute atomic E-state index is 11.8. The molecule has 21 heavy (non-hydrogen) atoms. The number of rotatable bonds is 9. The van der Waals surface area contributed by atoms with Gasteiger partial charge in [0.2, 0.25) is 0 Å². The molecular formula is C15H22NO5+. The van der Waals surface area contributed by atoms with Crippen molar-refractivity contribution in [3.8, 4) is 5.75 Å². The lowest BCUT2D eigenvalue weighted by molar-refractivity contribution is -0.234. The van der Waals surface area contributed by atoms with E-state index >= 15 is 0 Å². The number of benzene rings is 1. The van der Waals surface area contributed by atoms with Gasteiger partial charge in [0.25, 0.3) is 5.91 Å². The van der Waals surface area contributed by atoms with E-state index in [9.17, 15) is 14.7 Å². The molecule has 0 saturated heterocycles. The van der Waals surface area contributed by atoms with Crippen molar-refractivity contribution in [1.82, 2.24) is 5.32 Å². The third-order valence-electron chi connectivity index (χ3n) is 3.11. The summed E-state index contributed by atoms with van der Waals surface area (Å²) in [5.41, 5.74) is 0.284. The SMILES string of the molecule is O=C(CCCCCCCNC(=O)c1ccccc1O)O[OH2+]. The van der Waals surface area contributed by atoms with Crippen LogP contribution < -0.4 is 5.32 Å². The number of amides is 1. The molecule has 116 valence electrons. The Bertz CT molecular complexity index is 461. The second-order valence-electron chi connectivity index (χ2n) is 4.76. The average molecular weight is 296 g/mol. The van der Waals surface area contributed by atoms with E-state index in [1.807, 2.05) is 0 Å². The van der Waals surface area contributed by atoms with Gasteiger partial charge in [-0.2, -0.15) is 4.89 Å². The maximum atomic E-state index is 11.8. The number of hydrogen-bond acceptors (Lipinski definition) is 4. The van der Waals surface area contributed by atoms with Crippen LogP contribution in [0.2, 0.25) is 0 Å². The molecule has 1 aromatic rings. The summed E-state index contributed by atoms with van der Waals surface area (Å²) in [4.78, 5) is 26.3. The van der Waals surface area contributed by atoms with E-state index in [2.05, 4.69) is 10.2 Å². The molecule has 1 aromatic carbocycles. The highest BCUT2D eigenvalue weighted by atomic mass is 17.1. The molecule has 0 aliphatic heterocycles. The zero-order valence-corrected chi connectivity index (χ0v) is 11.9. The van der Waals surface area contributed by atoms with Gasteiger partial charge in [0.1, 0.15) is 5.75 Å². The predicted molar refractivity (Wildman–Crippen MR) is 77.8 cm³/mol. The van der Waals surface area contributed by atoms with E-state index in [0.29, 0.717) is 6.54 Å². The summed E-state index contributed by atoms with van der Waals surface area (Å²) >= 11 is 0. The number of aromatic hydroxyl groups is 1. The van der Waals surface area contributed by atoms with Crippen LogP contribution in [0, 0.1) is 0 Å². The van der Waals surface area contributed by atoms with Crippen molar-refractivity contribution in [2.45, 2.75) is 38.5 Å². The molecule has 6 heteroatoms. The molecular weight excluding hydrogens is 274 g/mol. The van der Waals surface area contributed by atoms with Crippen LogP contribution in [0.1, 0.15) is 48.9 Å². The fraction of sp³-hybridized carbons (Fsp3) is 0.467. The third kappa shape index (κ3) is 6.76. The standard InChI is InChI=1S/C15H21NO5/c17-13-9-6-5-8-12(13)15(19)16-11-7-3-1-2-4-10-14(18)21-20/h5-6,8-9,17,20H,1-4,7,10-11H2,(H,16,19)/p+1. The monoisotopic (exact) mass is 296 g/mol. The Balaban J connectivity index is 2.06. The smallest absolute Gasteiger partial charge is 0.389 e. The van der Waals surface area contributed by atoms with Gasteiger partial charge in [-0.15, -0.1) is 0 Å². The number of phenolic OH excluding ortho intramolecular Hbond substituents is 1. The molecule has 0 aliphatic rings. The van der Waals surface area contributed by atoms with Gasteiger partial charge >= 0.3 is 5.97 Å². The van der Waals surface area contributed by atoms with Crippen LogP contribution in [0.4, 0.5) is 0 Å². The Morgan fingerprint density at radius 2 is 1.76 bits per heavy atom. The van der Waals surface area contributed by atoms with Crippen molar-refractivity contribution in [3.05, 3.63) is 29.8 Å². The van der Waals surface area contributed by atoms with Crippen LogP contribution in [-0.4, -0.2) is 28.8 Å². The second-order valence-corrected chi connectivity index (χ2v) is 4.76. The van der Waals surface area contributed by atoms with Crippen LogP contribution in [-0.2, 0) is 9.68 Å². The minimum absolute atomic E-state index is 0.0173. The number of carbonyl (C=O) groups excluding carboxylic acids is 2. The molecule has 0 heterocycles. The predicted octanol–water partition coefficient (Wildman–Crippen LogP) is 1.65. The molecule has 1 amide bonds. The zero-order valence-electron chi connectivity index (χ0n) is 11.9. The highest BCUT2D eigenvalue weighted by Gasteiger charge is 2.08. The lowest BCUT2D eigenvalue weighted by Crippen LogP contribution is -2.24. The summed E-state index contributed by atoms with van der Waals surface area (Å²) in [7, 11) is 0. The van der Waals surface area contributed by atoms with Crippen LogP contribution in [0.5, 0.6) is 5.75 Å². The van der Waals surface area contributed by atoms with E-state index in [-0.39, 0.29) is 23.6 Å². The van der Waals surface area contributed by atoms with E-state index in [1.165, 1.54) is 6.07 Å². The summed E-state index contributed by atoms with van der Waals surface area (Å²) in [6, 6.07) is 6.44. The van der Waals surface area contributed by atoms with E-state index in [0.717, 1.165) is 32.1 Å². The Hall–Kier alpha value is -2.08. The first-order chi connectivity index (χ1) is 10.1. The summed E-state index contributed by atoms with van der Waals surface area (Å²) < 4.78 is 0. The fourth-order valence-electron chi connectivity index (χ4n) is 1.94. The normalized spacial score (nSPS) is 10.1. The molecule has 0 fully saturated rings. The summed E-state index contributed by atoms with van der Waals surface area (Å²) in [5, 5.41) is 18.7. The lowest BCUT2D eigenvalue weighted by Gasteiger charge is -2.06. The first kappa shape index (κ1) is 17.0. The Morgan fingerprint density at radius 1 is 1.10 bits per heavy atom. The molecule has 6 nitrogen and oxygen atoms in total. The van der Waals surface area contributed by atoms with Crippen LogP contribution in [0.25, 0.3) is 0 Å². The molecule has 0 aromatic heterocycles. The molecule has 0 aliphatic carbocycles. The topological polar surface area (TPSA) is 98.5 Å². The summed E-state index contributed by atoms with van der Waals surface area (Å²) in [6.07, 6.45) is 4.69. The lowest BCUT2D eigenvalue weighted by atomic mass is 10.1. The average Bonchev–Trinajstić information content (AvgIpc) is 2.49. The van der Waals surface area contributed by atoms with Crippen molar-refractivity contribution >= 4 is 11.9 Å². The zero-order chi connectivity index (χ0) is 15.5. The van der Waals surface area contributed by atoms with Gasteiger partial charge in [0.05, 0.1) is 12.0 Å². The van der Waals surface area contributed by atoms with Crippen molar-refractivity contribution in [1.29, 1.82) is 0 Å². The molecule has 0 bridgehead atoms. The Labute approximate surface area is 123 Å². The van der Waals surface area contributed by atoms with Gasteiger partial charge in [0, 0.05) is 6.54 Å². The number of carbonyl (C=O) groups is 2. The maximum Gasteiger partial charge on any atom is 0.389 e. The quantitative estimate of drug-likeness (QED) is 0.313. The fourth-order valence-corrected chi connectivity index (χ4v) is 1.94. The number of para-hydroxylation sites is 1. The molecule has 0 unspecified atom stereocenters. The first-order valence-corrected chi connectivity index (χ1v) is 7.07. The number of nitrogens with one attached hydrogen (secondary N) is 1. The van der Waals surface area contributed by atoms with Gasteiger partial charge in [-0.3, -0.25) is 4.79 Å². The molecule has 4 N–H and O–H groups in total.